The summed E-state index contributed by atoms with van der Waals surface area (Å²) < 4.78 is 0. The van der Waals surface area contributed by atoms with Gasteiger partial charge in [0.15, 0.2) is 0 Å². The minimum atomic E-state index is 0.168. The number of piperidine rings is 1. The van der Waals surface area contributed by atoms with Crippen molar-refractivity contribution in [2.75, 3.05) is 13.1 Å². The summed E-state index contributed by atoms with van der Waals surface area (Å²) in [7, 11) is 0. The molecule has 0 aromatic carbocycles. The molecular formula is C11H22N2O. The smallest absolute Gasteiger partial charge is 0.219 e. The van der Waals surface area contributed by atoms with Crippen LogP contribution in [0.5, 0.6) is 0 Å². The van der Waals surface area contributed by atoms with Crippen molar-refractivity contribution in [1.29, 1.82) is 0 Å². The number of carbonyl (C=O) groups is 1. The fourth-order valence-electron chi connectivity index (χ4n) is 1.92. The molecule has 2 N–H and O–H groups in total. The third kappa shape index (κ3) is 3.29. The maximum Gasteiger partial charge on any atom is 0.219 e. The maximum atomic E-state index is 11.2. The SMILES string of the molecule is CCC(=O)NC1CNCC(C(C)C)C1. The van der Waals surface area contributed by atoms with Crippen molar-refractivity contribution >= 4 is 5.91 Å². The fourth-order valence-corrected chi connectivity index (χ4v) is 1.92. The van der Waals surface area contributed by atoms with E-state index in [0.29, 0.717) is 24.3 Å². The monoisotopic (exact) mass is 198 g/mol. The Balaban J connectivity index is 2.36. The first-order valence-electron chi connectivity index (χ1n) is 5.63. The summed E-state index contributed by atoms with van der Waals surface area (Å²) in [5, 5.41) is 6.43. The van der Waals surface area contributed by atoms with Crippen molar-refractivity contribution in [3.63, 3.8) is 0 Å². The molecular weight excluding hydrogens is 176 g/mol. The molecule has 0 spiro atoms. The van der Waals surface area contributed by atoms with Gasteiger partial charge in [-0.15, -0.1) is 0 Å². The fraction of sp³-hybridized carbons (Fsp3) is 0.909. The van der Waals surface area contributed by atoms with Crippen LogP contribution in [0.3, 0.4) is 0 Å². The molecule has 2 atom stereocenters. The van der Waals surface area contributed by atoms with Gasteiger partial charge in [-0.05, 0) is 24.8 Å². The van der Waals surface area contributed by atoms with Crippen LogP contribution in [0.25, 0.3) is 0 Å². The summed E-state index contributed by atoms with van der Waals surface area (Å²) in [6.07, 6.45) is 1.71. The highest BCUT2D eigenvalue weighted by molar-refractivity contribution is 5.75. The van der Waals surface area contributed by atoms with Gasteiger partial charge in [0.2, 0.25) is 5.91 Å². The molecule has 1 amide bonds. The molecule has 82 valence electrons. The van der Waals surface area contributed by atoms with E-state index < -0.39 is 0 Å². The van der Waals surface area contributed by atoms with Crippen LogP contribution in [0, 0.1) is 11.8 Å². The van der Waals surface area contributed by atoms with E-state index in [1.54, 1.807) is 0 Å². The molecule has 1 aliphatic rings. The van der Waals surface area contributed by atoms with Gasteiger partial charge in [-0.1, -0.05) is 20.8 Å². The van der Waals surface area contributed by atoms with Gasteiger partial charge in [0.1, 0.15) is 0 Å². The lowest BCUT2D eigenvalue weighted by atomic mass is 9.86. The Hall–Kier alpha value is -0.570. The van der Waals surface area contributed by atoms with E-state index in [9.17, 15) is 4.79 Å². The molecule has 14 heavy (non-hydrogen) atoms. The van der Waals surface area contributed by atoms with Gasteiger partial charge in [-0.2, -0.15) is 0 Å². The molecule has 0 bridgehead atoms. The molecule has 0 saturated carbocycles. The Morgan fingerprint density at radius 3 is 2.79 bits per heavy atom. The van der Waals surface area contributed by atoms with Gasteiger partial charge in [0.25, 0.3) is 0 Å². The predicted octanol–water partition coefficient (Wildman–Crippen LogP) is 1.15. The molecule has 1 aliphatic heterocycles. The van der Waals surface area contributed by atoms with Crippen molar-refractivity contribution in [2.45, 2.75) is 39.7 Å². The Bertz CT molecular complexity index is 192. The number of hydrogen-bond acceptors (Lipinski definition) is 2. The second-order valence-corrected chi connectivity index (χ2v) is 4.52. The van der Waals surface area contributed by atoms with E-state index in [-0.39, 0.29) is 5.91 Å². The van der Waals surface area contributed by atoms with E-state index in [0.717, 1.165) is 19.5 Å². The molecule has 0 radical (unpaired) electrons. The first-order chi connectivity index (χ1) is 6.63. The van der Waals surface area contributed by atoms with Gasteiger partial charge >= 0.3 is 0 Å². The summed E-state index contributed by atoms with van der Waals surface area (Å²) >= 11 is 0. The van der Waals surface area contributed by atoms with Gasteiger partial charge in [-0.3, -0.25) is 4.79 Å². The topological polar surface area (TPSA) is 41.1 Å². The van der Waals surface area contributed by atoms with Crippen LogP contribution in [0.1, 0.15) is 33.6 Å². The van der Waals surface area contributed by atoms with Crippen molar-refractivity contribution in [3.05, 3.63) is 0 Å². The third-order valence-electron chi connectivity index (χ3n) is 3.01. The lowest BCUT2D eigenvalue weighted by Gasteiger charge is -2.32. The van der Waals surface area contributed by atoms with Crippen LogP contribution in [0.2, 0.25) is 0 Å². The Labute approximate surface area is 86.6 Å². The predicted molar refractivity (Wildman–Crippen MR) is 58.0 cm³/mol. The van der Waals surface area contributed by atoms with E-state index >= 15 is 0 Å². The van der Waals surface area contributed by atoms with Crippen LogP contribution in [0.15, 0.2) is 0 Å². The van der Waals surface area contributed by atoms with E-state index in [1.807, 2.05) is 6.92 Å². The number of nitrogens with one attached hydrogen (secondary N) is 2. The van der Waals surface area contributed by atoms with Crippen molar-refractivity contribution in [3.8, 4) is 0 Å². The van der Waals surface area contributed by atoms with Crippen LogP contribution >= 0.6 is 0 Å². The maximum absolute atomic E-state index is 11.2. The van der Waals surface area contributed by atoms with Gasteiger partial charge in [0.05, 0.1) is 0 Å². The van der Waals surface area contributed by atoms with Crippen LogP contribution in [-0.2, 0) is 4.79 Å². The van der Waals surface area contributed by atoms with Crippen LogP contribution < -0.4 is 10.6 Å². The molecule has 0 aromatic heterocycles. The molecule has 0 aromatic rings. The first kappa shape index (κ1) is 11.5. The highest BCUT2D eigenvalue weighted by Crippen LogP contribution is 2.19. The Morgan fingerprint density at radius 1 is 1.50 bits per heavy atom. The summed E-state index contributed by atoms with van der Waals surface area (Å²) in [5.74, 6) is 1.57. The highest BCUT2D eigenvalue weighted by atomic mass is 16.1. The summed E-state index contributed by atoms with van der Waals surface area (Å²) in [4.78, 5) is 11.2. The third-order valence-corrected chi connectivity index (χ3v) is 3.01. The lowest BCUT2D eigenvalue weighted by Crippen LogP contribution is -2.49. The molecule has 0 aliphatic carbocycles. The zero-order chi connectivity index (χ0) is 10.6. The average molecular weight is 198 g/mol. The minimum absolute atomic E-state index is 0.168. The zero-order valence-electron chi connectivity index (χ0n) is 9.47. The molecule has 1 heterocycles. The average Bonchev–Trinajstić information content (AvgIpc) is 2.18. The van der Waals surface area contributed by atoms with E-state index in [1.165, 1.54) is 0 Å². The molecule has 1 fully saturated rings. The number of carbonyl (C=O) groups excluding carboxylic acids is 1. The van der Waals surface area contributed by atoms with Gasteiger partial charge in [0, 0.05) is 19.0 Å². The second kappa shape index (κ2) is 5.35. The molecule has 1 saturated heterocycles. The highest BCUT2D eigenvalue weighted by Gasteiger charge is 2.24. The Kier molecular flexibility index (Phi) is 4.39. The number of hydrogen-bond donors (Lipinski definition) is 2. The molecule has 1 rings (SSSR count). The van der Waals surface area contributed by atoms with E-state index in [4.69, 9.17) is 0 Å². The van der Waals surface area contributed by atoms with Crippen LogP contribution in [-0.4, -0.2) is 25.0 Å². The van der Waals surface area contributed by atoms with Gasteiger partial charge in [-0.25, -0.2) is 0 Å². The Morgan fingerprint density at radius 2 is 2.21 bits per heavy atom. The van der Waals surface area contributed by atoms with Crippen LogP contribution in [0.4, 0.5) is 0 Å². The number of amides is 1. The standard InChI is InChI=1S/C11H22N2O/c1-4-11(14)13-10-5-9(8(2)3)6-12-7-10/h8-10,12H,4-7H2,1-3H3,(H,13,14). The normalized spacial score (nSPS) is 27.7. The molecule has 3 nitrogen and oxygen atoms in total. The van der Waals surface area contributed by atoms with Crippen molar-refractivity contribution < 1.29 is 4.79 Å². The quantitative estimate of drug-likeness (QED) is 0.714. The van der Waals surface area contributed by atoms with Gasteiger partial charge < -0.3 is 10.6 Å². The van der Waals surface area contributed by atoms with Crippen molar-refractivity contribution in [2.24, 2.45) is 11.8 Å². The first-order valence-corrected chi connectivity index (χ1v) is 5.63. The molecule has 2 unspecified atom stereocenters. The van der Waals surface area contributed by atoms with Crippen molar-refractivity contribution in [1.82, 2.24) is 10.6 Å². The minimum Gasteiger partial charge on any atom is -0.352 e. The number of rotatable bonds is 3. The zero-order valence-corrected chi connectivity index (χ0v) is 9.47. The largest absolute Gasteiger partial charge is 0.352 e. The second-order valence-electron chi connectivity index (χ2n) is 4.52. The van der Waals surface area contributed by atoms with E-state index in [2.05, 4.69) is 24.5 Å². The summed E-state index contributed by atoms with van der Waals surface area (Å²) in [6, 6.07) is 0.337. The summed E-state index contributed by atoms with van der Waals surface area (Å²) in [6.45, 7) is 8.41. The summed E-state index contributed by atoms with van der Waals surface area (Å²) in [5.41, 5.74) is 0. The molecule has 3 heteroatoms. The lowest BCUT2D eigenvalue weighted by molar-refractivity contribution is -0.121.